The van der Waals surface area contributed by atoms with Crippen LogP contribution in [0.1, 0.15) is 23.2 Å². The van der Waals surface area contributed by atoms with E-state index >= 15 is 0 Å². The second-order valence-corrected chi connectivity index (χ2v) is 6.51. The maximum Gasteiger partial charge on any atom is 0.0795 e. The highest BCUT2D eigenvalue weighted by Gasteiger charge is 2.49. The number of rotatable bonds is 3. The Morgan fingerprint density at radius 2 is 1.18 bits per heavy atom. The Hall–Kier alpha value is -2.06. The molecule has 1 heterocycles. The number of hydrogen-bond acceptors (Lipinski definition) is 1. The van der Waals surface area contributed by atoms with Crippen LogP contribution in [0.3, 0.4) is 0 Å². The summed E-state index contributed by atoms with van der Waals surface area (Å²) in [5.41, 5.74) is 4.00. The maximum atomic E-state index is 3.58. The van der Waals surface area contributed by atoms with Crippen LogP contribution in [0.25, 0.3) is 0 Å². The first-order valence-electron chi connectivity index (χ1n) is 7.48. The smallest absolute Gasteiger partial charge is 0.0795 e. The Balaban J connectivity index is 1.75. The van der Waals surface area contributed by atoms with Gasteiger partial charge >= 0.3 is 0 Å². The van der Waals surface area contributed by atoms with Gasteiger partial charge in [0.15, 0.2) is 0 Å². The second-order valence-electron chi connectivity index (χ2n) is 5.60. The van der Waals surface area contributed by atoms with Crippen LogP contribution < -0.4 is 4.90 Å². The summed E-state index contributed by atoms with van der Waals surface area (Å²) < 4.78 is 1.12. The number of benzene rings is 3. The molecule has 0 bridgehead atoms. The van der Waals surface area contributed by atoms with Gasteiger partial charge in [-0.2, -0.15) is 0 Å². The van der Waals surface area contributed by atoms with Crippen LogP contribution >= 0.6 is 15.9 Å². The van der Waals surface area contributed by atoms with Crippen LogP contribution in [0.5, 0.6) is 0 Å². The van der Waals surface area contributed by atoms with E-state index in [9.17, 15) is 0 Å². The van der Waals surface area contributed by atoms with E-state index in [2.05, 4.69) is 106 Å². The fraction of sp³-hybridized carbons (Fsp3) is 0.100. The molecule has 0 aromatic heterocycles. The fourth-order valence-electron chi connectivity index (χ4n) is 3.18. The van der Waals surface area contributed by atoms with Crippen molar-refractivity contribution in [3.05, 3.63) is 101 Å². The summed E-state index contributed by atoms with van der Waals surface area (Å²) in [4.78, 5) is 2.48. The first-order valence-corrected chi connectivity index (χ1v) is 8.28. The van der Waals surface area contributed by atoms with Gasteiger partial charge in [-0.05, 0) is 29.3 Å². The van der Waals surface area contributed by atoms with Crippen LogP contribution in [-0.4, -0.2) is 0 Å². The number of halogens is 1. The molecule has 1 fully saturated rings. The molecule has 0 saturated carbocycles. The molecule has 0 amide bonds. The second kappa shape index (κ2) is 5.62. The molecule has 4 rings (SSSR count). The molecule has 0 radical (unpaired) electrons. The van der Waals surface area contributed by atoms with E-state index in [1.807, 2.05) is 0 Å². The summed E-state index contributed by atoms with van der Waals surface area (Å²) in [5.74, 6) is 0. The maximum absolute atomic E-state index is 3.58. The molecule has 3 aromatic rings. The Labute approximate surface area is 139 Å². The van der Waals surface area contributed by atoms with Crippen LogP contribution in [0.15, 0.2) is 89.4 Å². The monoisotopic (exact) mass is 349 g/mol. The molecule has 3 aromatic carbocycles. The van der Waals surface area contributed by atoms with Gasteiger partial charge < -0.3 is 4.90 Å². The van der Waals surface area contributed by atoms with Gasteiger partial charge in [-0.25, -0.2) is 0 Å². The number of nitrogens with zero attached hydrogens (tertiary/aromatic N) is 1. The first kappa shape index (κ1) is 13.6. The summed E-state index contributed by atoms with van der Waals surface area (Å²) in [6.07, 6.45) is 0. The SMILES string of the molecule is Brc1cccc(N2C(c3ccccc3)C2c2ccccc2)c1. The Bertz CT molecular complexity index is 724. The number of hydrogen-bond donors (Lipinski definition) is 0. The normalized spacial score (nSPS) is 20.0. The molecule has 0 spiro atoms. The minimum atomic E-state index is 0.415. The molecule has 0 N–H and O–H groups in total. The van der Waals surface area contributed by atoms with Crippen molar-refractivity contribution in [3.63, 3.8) is 0 Å². The third kappa shape index (κ3) is 2.44. The lowest BCUT2D eigenvalue weighted by atomic mass is 10.0. The van der Waals surface area contributed by atoms with Gasteiger partial charge in [-0.1, -0.05) is 82.7 Å². The highest BCUT2D eigenvalue weighted by Crippen LogP contribution is 2.57. The van der Waals surface area contributed by atoms with Crippen molar-refractivity contribution in [3.8, 4) is 0 Å². The zero-order valence-electron chi connectivity index (χ0n) is 12.1. The minimum absolute atomic E-state index is 0.415. The van der Waals surface area contributed by atoms with Crippen LogP contribution in [0, 0.1) is 0 Å². The molecule has 1 nitrogen and oxygen atoms in total. The van der Waals surface area contributed by atoms with Crippen molar-refractivity contribution in [2.24, 2.45) is 0 Å². The van der Waals surface area contributed by atoms with E-state index in [1.54, 1.807) is 0 Å². The van der Waals surface area contributed by atoms with Crippen LogP contribution in [-0.2, 0) is 0 Å². The third-order valence-corrected chi connectivity index (χ3v) is 4.69. The predicted octanol–water partition coefficient (Wildman–Crippen LogP) is 5.75. The standard InChI is InChI=1S/C20H16BrN/c21-17-12-7-13-18(14-17)22-19(15-8-3-1-4-9-15)20(22)16-10-5-2-6-11-16/h1-14,19-20H. The predicted molar refractivity (Wildman–Crippen MR) is 95.0 cm³/mol. The molecule has 1 saturated heterocycles. The lowest BCUT2D eigenvalue weighted by molar-refractivity contribution is 1.03. The topological polar surface area (TPSA) is 3.01 Å². The van der Waals surface area contributed by atoms with Gasteiger partial charge in [0.1, 0.15) is 0 Å². The summed E-state index contributed by atoms with van der Waals surface area (Å²) in [6, 6.07) is 30.9. The molecular weight excluding hydrogens is 334 g/mol. The quantitative estimate of drug-likeness (QED) is 0.544. The summed E-state index contributed by atoms with van der Waals surface area (Å²) in [7, 11) is 0. The van der Waals surface area contributed by atoms with Crippen molar-refractivity contribution in [1.29, 1.82) is 0 Å². The van der Waals surface area contributed by atoms with Gasteiger partial charge in [0.05, 0.1) is 12.1 Å². The van der Waals surface area contributed by atoms with Crippen molar-refractivity contribution in [2.75, 3.05) is 4.90 Å². The average Bonchev–Trinajstić information content (AvgIpc) is 3.32. The van der Waals surface area contributed by atoms with Crippen molar-refractivity contribution in [2.45, 2.75) is 12.1 Å². The van der Waals surface area contributed by atoms with Gasteiger partial charge in [-0.3, -0.25) is 0 Å². The minimum Gasteiger partial charge on any atom is -0.353 e. The van der Waals surface area contributed by atoms with Crippen molar-refractivity contribution in [1.82, 2.24) is 0 Å². The molecular formula is C20H16BrN. The van der Waals surface area contributed by atoms with Crippen LogP contribution in [0.2, 0.25) is 0 Å². The van der Waals surface area contributed by atoms with Gasteiger partial charge in [0.25, 0.3) is 0 Å². The van der Waals surface area contributed by atoms with Gasteiger partial charge in [0.2, 0.25) is 0 Å². The lowest BCUT2D eigenvalue weighted by Crippen LogP contribution is -1.95. The summed E-state index contributed by atoms with van der Waals surface area (Å²) >= 11 is 3.58. The molecule has 0 aliphatic carbocycles. The molecule has 1 aliphatic rings. The van der Waals surface area contributed by atoms with Gasteiger partial charge in [0, 0.05) is 10.2 Å². The van der Waals surface area contributed by atoms with Crippen molar-refractivity contribution < 1.29 is 0 Å². The Morgan fingerprint density at radius 1 is 0.636 bits per heavy atom. The van der Waals surface area contributed by atoms with E-state index in [0.717, 1.165) is 4.47 Å². The van der Waals surface area contributed by atoms with E-state index < -0.39 is 0 Å². The molecule has 2 heteroatoms. The highest BCUT2D eigenvalue weighted by molar-refractivity contribution is 9.10. The molecule has 2 atom stereocenters. The molecule has 2 unspecified atom stereocenters. The number of anilines is 1. The van der Waals surface area contributed by atoms with E-state index in [1.165, 1.54) is 16.8 Å². The average molecular weight is 350 g/mol. The zero-order valence-corrected chi connectivity index (χ0v) is 13.6. The highest BCUT2D eigenvalue weighted by atomic mass is 79.9. The van der Waals surface area contributed by atoms with Crippen LogP contribution in [0.4, 0.5) is 5.69 Å². The van der Waals surface area contributed by atoms with E-state index in [-0.39, 0.29) is 0 Å². The summed E-state index contributed by atoms with van der Waals surface area (Å²) in [6.45, 7) is 0. The van der Waals surface area contributed by atoms with Gasteiger partial charge in [-0.15, -0.1) is 0 Å². The molecule has 1 aliphatic heterocycles. The molecule has 108 valence electrons. The fourth-order valence-corrected chi connectivity index (χ4v) is 3.56. The van der Waals surface area contributed by atoms with Crippen molar-refractivity contribution >= 4 is 21.6 Å². The Kier molecular flexibility index (Phi) is 3.47. The largest absolute Gasteiger partial charge is 0.353 e. The Morgan fingerprint density at radius 3 is 1.68 bits per heavy atom. The third-order valence-electron chi connectivity index (χ3n) is 4.20. The van der Waals surface area contributed by atoms with E-state index in [4.69, 9.17) is 0 Å². The summed E-state index contributed by atoms with van der Waals surface area (Å²) in [5, 5.41) is 0. The first-order chi connectivity index (χ1) is 10.8. The molecule has 22 heavy (non-hydrogen) atoms. The lowest BCUT2D eigenvalue weighted by Gasteiger charge is -2.07. The zero-order chi connectivity index (χ0) is 14.9. The van der Waals surface area contributed by atoms with E-state index in [0.29, 0.717) is 12.1 Å².